The first-order chi connectivity index (χ1) is 11.7. The first-order valence-corrected chi connectivity index (χ1v) is 7.92. The number of nitrogens with zero attached hydrogens (tertiary/aromatic N) is 2. The maximum Gasteiger partial charge on any atom is 0.248 e. The number of anilines is 1. The van der Waals surface area contributed by atoms with E-state index >= 15 is 0 Å². The van der Waals surface area contributed by atoms with Crippen LogP contribution in [0, 0.1) is 0 Å². The molecule has 4 heteroatoms. The van der Waals surface area contributed by atoms with Gasteiger partial charge in [-0.2, -0.15) is 5.10 Å². The van der Waals surface area contributed by atoms with Gasteiger partial charge in [-0.05, 0) is 42.3 Å². The molecule has 3 rings (SSSR count). The van der Waals surface area contributed by atoms with Crippen molar-refractivity contribution in [1.29, 1.82) is 0 Å². The van der Waals surface area contributed by atoms with Crippen molar-refractivity contribution in [3.8, 4) is 5.69 Å². The van der Waals surface area contributed by atoms with Crippen LogP contribution in [0.3, 0.4) is 0 Å². The third-order valence-electron chi connectivity index (χ3n) is 3.65. The van der Waals surface area contributed by atoms with E-state index in [4.69, 9.17) is 0 Å². The van der Waals surface area contributed by atoms with Gasteiger partial charge in [0.05, 0.1) is 11.9 Å². The van der Waals surface area contributed by atoms with Crippen LogP contribution in [-0.2, 0) is 11.2 Å². The van der Waals surface area contributed by atoms with Crippen LogP contribution >= 0.6 is 0 Å². The Hall–Kier alpha value is -3.14. The molecule has 1 N–H and O–H groups in total. The van der Waals surface area contributed by atoms with E-state index in [1.165, 1.54) is 11.6 Å². The summed E-state index contributed by atoms with van der Waals surface area (Å²) >= 11 is 0. The van der Waals surface area contributed by atoms with Crippen molar-refractivity contribution in [3.05, 3.63) is 84.2 Å². The van der Waals surface area contributed by atoms with E-state index in [1.54, 1.807) is 17.0 Å². The Morgan fingerprint density at radius 2 is 2.00 bits per heavy atom. The molecule has 1 amide bonds. The number of amides is 1. The molecule has 0 fully saturated rings. The number of carbonyl (C=O) groups is 1. The van der Waals surface area contributed by atoms with Gasteiger partial charge in [-0.25, -0.2) is 4.68 Å². The molecule has 2 aromatic carbocycles. The van der Waals surface area contributed by atoms with Gasteiger partial charge in [0.25, 0.3) is 0 Å². The van der Waals surface area contributed by atoms with Crippen molar-refractivity contribution in [2.45, 2.75) is 13.3 Å². The summed E-state index contributed by atoms with van der Waals surface area (Å²) < 4.78 is 1.78. The molecular weight excluding hydrogens is 298 g/mol. The summed E-state index contributed by atoms with van der Waals surface area (Å²) in [6.45, 7) is 2.09. The zero-order valence-corrected chi connectivity index (χ0v) is 13.5. The first-order valence-electron chi connectivity index (χ1n) is 7.92. The maximum atomic E-state index is 12.0. The monoisotopic (exact) mass is 317 g/mol. The molecule has 0 saturated heterocycles. The van der Waals surface area contributed by atoms with Gasteiger partial charge in [-0.1, -0.05) is 37.3 Å². The Labute approximate surface area is 141 Å². The minimum Gasteiger partial charge on any atom is -0.323 e. The van der Waals surface area contributed by atoms with Crippen molar-refractivity contribution < 1.29 is 4.79 Å². The molecule has 120 valence electrons. The number of carbonyl (C=O) groups excluding carboxylic acids is 1. The van der Waals surface area contributed by atoms with E-state index in [9.17, 15) is 4.79 Å². The van der Waals surface area contributed by atoms with Gasteiger partial charge in [-0.15, -0.1) is 0 Å². The van der Waals surface area contributed by atoms with Gasteiger partial charge >= 0.3 is 0 Å². The summed E-state index contributed by atoms with van der Waals surface area (Å²) in [7, 11) is 0. The van der Waals surface area contributed by atoms with Crippen molar-refractivity contribution in [1.82, 2.24) is 9.78 Å². The van der Waals surface area contributed by atoms with Gasteiger partial charge in [0, 0.05) is 23.5 Å². The smallest absolute Gasteiger partial charge is 0.248 e. The van der Waals surface area contributed by atoms with Crippen molar-refractivity contribution in [2.75, 3.05) is 5.32 Å². The Kier molecular flexibility index (Phi) is 4.87. The average molecular weight is 317 g/mol. The molecule has 3 aromatic rings. The van der Waals surface area contributed by atoms with E-state index in [-0.39, 0.29) is 5.91 Å². The first kappa shape index (κ1) is 15.7. The normalized spacial score (nSPS) is 10.9. The fraction of sp³-hybridized carbons (Fsp3) is 0.100. The fourth-order valence-corrected chi connectivity index (χ4v) is 2.37. The molecule has 0 spiro atoms. The second kappa shape index (κ2) is 7.42. The lowest BCUT2D eigenvalue weighted by molar-refractivity contribution is -0.111. The Bertz CT molecular complexity index is 850. The standard InChI is InChI=1S/C20H19N3O/c1-2-16-7-6-8-18(13-16)22-20(24)12-11-17-14-21-23(15-17)19-9-4-3-5-10-19/h3-15H,2H2,1H3,(H,22,24)/b12-11+. The Morgan fingerprint density at radius 1 is 1.17 bits per heavy atom. The highest BCUT2D eigenvalue weighted by atomic mass is 16.1. The Balaban J connectivity index is 1.65. The van der Waals surface area contributed by atoms with E-state index in [0.717, 1.165) is 23.4 Å². The molecule has 0 aliphatic rings. The summed E-state index contributed by atoms with van der Waals surface area (Å²) in [6, 6.07) is 17.7. The van der Waals surface area contributed by atoms with Crippen molar-refractivity contribution in [3.63, 3.8) is 0 Å². The molecule has 24 heavy (non-hydrogen) atoms. The van der Waals surface area contributed by atoms with Crippen LogP contribution in [-0.4, -0.2) is 15.7 Å². The molecule has 0 aliphatic heterocycles. The van der Waals surface area contributed by atoms with E-state index in [1.807, 2.05) is 60.8 Å². The third kappa shape index (κ3) is 3.98. The van der Waals surface area contributed by atoms with Crippen LogP contribution in [0.25, 0.3) is 11.8 Å². The molecule has 0 saturated carbocycles. The molecule has 4 nitrogen and oxygen atoms in total. The van der Waals surface area contributed by atoms with Gasteiger partial charge in [0.1, 0.15) is 0 Å². The zero-order chi connectivity index (χ0) is 16.8. The van der Waals surface area contributed by atoms with Crippen LogP contribution < -0.4 is 5.32 Å². The largest absolute Gasteiger partial charge is 0.323 e. The minimum atomic E-state index is -0.157. The lowest BCUT2D eigenvalue weighted by atomic mass is 10.1. The molecule has 0 aliphatic carbocycles. The zero-order valence-electron chi connectivity index (χ0n) is 13.5. The summed E-state index contributed by atoms with van der Waals surface area (Å²) in [5.74, 6) is -0.157. The highest BCUT2D eigenvalue weighted by Gasteiger charge is 2.01. The maximum absolute atomic E-state index is 12.0. The van der Waals surface area contributed by atoms with E-state index in [0.29, 0.717) is 0 Å². The van der Waals surface area contributed by atoms with Gasteiger partial charge in [0.15, 0.2) is 0 Å². The number of para-hydroxylation sites is 1. The van der Waals surface area contributed by atoms with E-state index in [2.05, 4.69) is 17.3 Å². The van der Waals surface area contributed by atoms with Gasteiger partial charge in [0.2, 0.25) is 5.91 Å². The third-order valence-corrected chi connectivity index (χ3v) is 3.65. The highest BCUT2D eigenvalue weighted by Crippen LogP contribution is 2.12. The average Bonchev–Trinajstić information content (AvgIpc) is 3.10. The fourth-order valence-electron chi connectivity index (χ4n) is 2.37. The van der Waals surface area contributed by atoms with Gasteiger partial charge in [-0.3, -0.25) is 4.79 Å². The molecule has 0 bridgehead atoms. The lowest BCUT2D eigenvalue weighted by Crippen LogP contribution is -2.07. The quantitative estimate of drug-likeness (QED) is 0.721. The van der Waals surface area contributed by atoms with E-state index < -0.39 is 0 Å². The molecule has 0 unspecified atom stereocenters. The van der Waals surface area contributed by atoms with Gasteiger partial charge < -0.3 is 5.32 Å². The molecule has 1 heterocycles. The number of aryl methyl sites for hydroxylation is 1. The van der Waals surface area contributed by atoms with Crippen LogP contribution in [0.4, 0.5) is 5.69 Å². The molecule has 1 aromatic heterocycles. The second-order valence-corrected chi connectivity index (χ2v) is 5.43. The van der Waals surface area contributed by atoms with Crippen molar-refractivity contribution in [2.24, 2.45) is 0 Å². The number of benzene rings is 2. The summed E-state index contributed by atoms with van der Waals surface area (Å²) in [4.78, 5) is 12.0. The summed E-state index contributed by atoms with van der Waals surface area (Å²) in [6.07, 6.45) is 7.83. The van der Waals surface area contributed by atoms with Crippen LogP contribution in [0.2, 0.25) is 0 Å². The molecule has 0 radical (unpaired) electrons. The molecular formula is C20H19N3O. The summed E-state index contributed by atoms with van der Waals surface area (Å²) in [5.41, 5.74) is 3.86. The highest BCUT2D eigenvalue weighted by molar-refractivity contribution is 6.01. The number of hydrogen-bond acceptors (Lipinski definition) is 2. The van der Waals surface area contributed by atoms with Crippen LogP contribution in [0.15, 0.2) is 73.1 Å². The van der Waals surface area contributed by atoms with Crippen molar-refractivity contribution >= 4 is 17.7 Å². The Morgan fingerprint density at radius 3 is 2.79 bits per heavy atom. The second-order valence-electron chi connectivity index (χ2n) is 5.43. The number of rotatable bonds is 5. The number of nitrogens with one attached hydrogen (secondary N) is 1. The predicted octanol–water partition coefficient (Wildman–Crippen LogP) is 4.09. The SMILES string of the molecule is CCc1cccc(NC(=O)/C=C/c2cnn(-c3ccccc3)c2)c1. The number of hydrogen-bond donors (Lipinski definition) is 1. The number of aromatic nitrogens is 2. The van der Waals surface area contributed by atoms with Crippen LogP contribution in [0.5, 0.6) is 0 Å². The molecule has 0 atom stereocenters. The predicted molar refractivity (Wildman–Crippen MR) is 97.0 cm³/mol. The topological polar surface area (TPSA) is 46.9 Å². The van der Waals surface area contributed by atoms with Crippen LogP contribution in [0.1, 0.15) is 18.1 Å². The summed E-state index contributed by atoms with van der Waals surface area (Å²) in [5, 5.41) is 7.18. The minimum absolute atomic E-state index is 0.157. The lowest BCUT2D eigenvalue weighted by Gasteiger charge is -2.03.